The first kappa shape index (κ1) is 21.0. The molecule has 1 unspecified atom stereocenters. The van der Waals surface area contributed by atoms with Crippen LogP contribution in [0.5, 0.6) is 0 Å². The van der Waals surface area contributed by atoms with Gasteiger partial charge in [0.05, 0.1) is 6.04 Å². The van der Waals surface area contributed by atoms with Gasteiger partial charge in [0.1, 0.15) is 6.61 Å². The van der Waals surface area contributed by atoms with Gasteiger partial charge in [-0.1, -0.05) is 42.8 Å². The predicted molar refractivity (Wildman–Crippen MR) is 115 cm³/mol. The van der Waals surface area contributed by atoms with Crippen molar-refractivity contribution in [1.29, 1.82) is 0 Å². The zero-order valence-electron chi connectivity index (χ0n) is 17.1. The molecule has 6 nitrogen and oxygen atoms in total. The van der Waals surface area contributed by atoms with E-state index in [1.54, 1.807) is 6.07 Å². The van der Waals surface area contributed by atoms with Crippen LogP contribution in [0.25, 0.3) is 0 Å². The lowest BCUT2D eigenvalue weighted by atomic mass is 10.00. The fraction of sp³-hybridized carbons (Fsp3) is 0.391. The van der Waals surface area contributed by atoms with Crippen LogP contribution in [0.15, 0.2) is 48.5 Å². The van der Waals surface area contributed by atoms with Crippen molar-refractivity contribution in [2.75, 3.05) is 30.9 Å². The van der Waals surface area contributed by atoms with Crippen LogP contribution in [0.3, 0.4) is 0 Å². The Labute approximate surface area is 172 Å². The molecule has 2 amide bonds. The number of carbonyl (C=O) groups excluding carboxylic acids is 2. The molecule has 6 heteroatoms. The van der Waals surface area contributed by atoms with Gasteiger partial charge in [0.25, 0.3) is 0 Å². The van der Waals surface area contributed by atoms with Crippen LogP contribution in [0.2, 0.25) is 0 Å². The van der Waals surface area contributed by atoms with Crippen LogP contribution in [-0.4, -0.2) is 43.0 Å². The second-order valence-electron chi connectivity index (χ2n) is 7.47. The molecule has 1 heterocycles. The van der Waals surface area contributed by atoms with E-state index in [9.17, 15) is 9.59 Å². The number of piperidine rings is 1. The van der Waals surface area contributed by atoms with E-state index in [2.05, 4.69) is 27.7 Å². The molecule has 1 atom stereocenters. The molecule has 2 N–H and O–H groups in total. The summed E-state index contributed by atoms with van der Waals surface area (Å²) in [5.41, 5.74) is 3.52. The zero-order valence-corrected chi connectivity index (χ0v) is 17.1. The number of amides is 2. The number of ether oxygens (including phenoxy) is 1. The van der Waals surface area contributed by atoms with Crippen molar-refractivity contribution in [2.45, 2.75) is 38.8 Å². The summed E-state index contributed by atoms with van der Waals surface area (Å²) in [6, 6.07) is 15.6. The third-order valence-electron chi connectivity index (χ3n) is 5.20. The Morgan fingerprint density at radius 3 is 2.66 bits per heavy atom. The van der Waals surface area contributed by atoms with E-state index >= 15 is 0 Å². The van der Waals surface area contributed by atoms with Gasteiger partial charge in [0, 0.05) is 25.0 Å². The summed E-state index contributed by atoms with van der Waals surface area (Å²) in [4.78, 5) is 27.1. The van der Waals surface area contributed by atoms with Gasteiger partial charge in [-0.05, 0) is 49.6 Å². The number of aryl methyl sites for hydroxylation is 1. The molecule has 154 valence electrons. The fourth-order valence-electron chi connectivity index (χ4n) is 3.67. The molecule has 0 spiro atoms. The topological polar surface area (TPSA) is 70.7 Å². The summed E-state index contributed by atoms with van der Waals surface area (Å²) >= 11 is 0. The van der Waals surface area contributed by atoms with Gasteiger partial charge < -0.3 is 15.4 Å². The van der Waals surface area contributed by atoms with E-state index in [0.29, 0.717) is 5.69 Å². The summed E-state index contributed by atoms with van der Waals surface area (Å²) in [6.45, 7) is 3.62. The quantitative estimate of drug-likeness (QED) is 0.752. The maximum absolute atomic E-state index is 13.1. The molecule has 3 rings (SSSR count). The van der Waals surface area contributed by atoms with Crippen molar-refractivity contribution in [3.8, 4) is 0 Å². The lowest BCUT2D eigenvalue weighted by molar-refractivity contribution is -0.122. The van der Waals surface area contributed by atoms with Gasteiger partial charge >= 0.3 is 0 Å². The summed E-state index contributed by atoms with van der Waals surface area (Å²) in [5.74, 6) is -0.223. The van der Waals surface area contributed by atoms with Gasteiger partial charge in [-0.15, -0.1) is 0 Å². The van der Waals surface area contributed by atoms with Crippen molar-refractivity contribution >= 4 is 23.2 Å². The van der Waals surface area contributed by atoms with Crippen molar-refractivity contribution in [3.63, 3.8) is 0 Å². The lowest BCUT2D eigenvalue weighted by Crippen LogP contribution is -2.46. The predicted octanol–water partition coefficient (Wildman–Crippen LogP) is 3.57. The van der Waals surface area contributed by atoms with Gasteiger partial charge in [-0.25, -0.2) is 0 Å². The minimum atomic E-state index is -0.227. The molecule has 0 aromatic heterocycles. The first-order valence-corrected chi connectivity index (χ1v) is 10.0. The van der Waals surface area contributed by atoms with Crippen molar-refractivity contribution in [1.82, 2.24) is 4.90 Å². The SMILES string of the molecule is COCC(=O)Nc1ccc(C)c(NC(=O)C2CCCCN2Cc2ccccc2)c1. The van der Waals surface area contributed by atoms with Crippen LogP contribution in [0, 0.1) is 6.92 Å². The lowest BCUT2D eigenvalue weighted by Gasteiger charge is -2.34. The van der Waals surface area contributed by atoms with Crippen molar-refractivity contribution in [2.24, 2.45) is 0 Å². The standard InChI is InChI=1S/C23H29N3O3/c1-17-11-12-19(24-22(27)16-29-2)14-20(17)25-23(28)21-10-6-7-13-26(21)15-18-8-4-3-5-9-18/h3-5,8-9,11-12,14,21H,6-7,10,13,15-16H2,1-2H3,(H,24,27)(H,25,28). The molecule has 29 heavy (non-hydrogen) atoms. The summed E-state index contributed by atoms with van der Waals surface area (Å²) in [5, 5.41) is 5.86. The summed E-state index contributed by atoms with van der Waals surface area (Å²) in [6.07, 6.45) is 3.01. The summed E-state index contributed by atoms with van der Waals surface area (Å²) in [7, 11) is 1.48. The Bertz CT molecular complexity index is 839. The largest absolute Gasteiger partial charge is 0.375 e. The Balaban J connectivity index is 1.69. The molecule has 0 aliphatic carbocycles. The molecule has 0 bridgehead atoms. The monoisotopic (exact) mass is 395 g/mol. The number of benzene rings is 2. The molecule has 0 radical (unpaired) electrons. The van der Waals surface area contributed by atoms with E-state index in [0.717, 1.165) is 43.6 Å². The van der Waals surface area contributed by atoms with Crippen LogP contribution in [0.1, 0.15) is 30.4 Å². The van der Waals surface area contributed by atoms with E-state index < -0.39 is 0 Å². The maximum atomic E-state index is 13.1. The van der Waals surface area contributed by atoms with E-state index in [1.165, 1.54) is 12.7 Å². The van der Waals surface area contributed by atoms with E-state index in [1.807, 2.05) is 37.3 Å². The molecular formula is C23H29N3O3. The minimum absolute atomic E-state index is 0.00380. The van der Waals surface area contributed by atoms with Gasteiger partial charge in [0.15, 0.2) is 0 Å². The second kappa shape index (κ2) is 10.2. The van der Waals surface area contributed by atoms with Crippen LogP contribution >= 0.6 is 0 Å². The minimum Gasteiger partial charge on any atom is -0.375 e. The molecule has 1 fully saturated rings. The average molecular weight is 396 g/mol. The van der Waals surface area contributed by atoms with Gasteiger partial charge in [-0.2, -0.15) is 0 Å². The number of nitrogens with zero attached hydrogens (tertiary/aromatic N) is 1. The van der Waals surface area contributed by atoms with Crippen molar-refractivity contribution < 1.29 is 14.3 Å². The number of methoxy groups -OCH3 is 1. The smallest absolute Gasteiger partial charge is 0.250 e. The first-order valence-electron chi connectivity index (χ1n) is 10.0. The normalized spacial score (nSPS) is 17.0. The third kappa shape index (κ3) is 5.89. The van der Waals surface area contributed by atoms with Crippen molar-refractivity contribution in [3.05, 3.63) is 59.7 Å². The van der Waals surface area contributed by atoms with Gasteiger partial charge in [0.2, 0.25) is 11.8 Å². The molecule has 1 saturated heterocycles. The first-order chi connectivity index (χ1) is 14.1. The second-order valence-corrected chi connectivity index (χ2v) is 7.47. The number of carbonyl (C=O) groups is 2. The Kier molecular flexibility index (Phi) is 7.38. The number of hydrogen-bond acceptors (Lipinski definition) is 4. The number of hydrogen-bond donors (Lipinski definition) is 2. The number of rotatable bonds is 7. The fourth-order valence-corrected chi connectivity index (χ4v) is 3.67. The van der Waals surface area contributed by atoms with Gasteiger partial charge in [-0.3, -0.25) is 14.5 Å². The van der Waals surface area contributed by atoms with E-state index in [-0.39, 0.29) is 24.5 Å². The highest BCUT2D eigenvalue weighted by Gasteiger charge is 2.29. The summed E-state index contributed by atoms with van der Waals surface area (Å²) < 4.78 is 4.85. The number of anilines is 2. The van der Waals surface area contributed by atoms with E-state index in [4.69, 9.17) is 4.74 Å². The zero-order chi connectivity index (χ0) is 20.6. The molecule has 2 aromatic rings. The highest BCUT2D eigenvalue weighted by atomic mass is 16.5. The van der Waals surface area contributed by atoms with Crippen LogP contribution in [0.4, 0.5) is 11.4 Å². The molecular weight excluding hydrogens is 366 g/mol. The Morgan fingerprint density at radius 2 is 1.90 bits per heavy atom. The third-order valence-corrected chi connectivity index (χ3v) is 5.20. The number of nitrogens with one attached hydrogen (secondary N) is 2. The maximum Gasteiger partial charge on any atom is 0.250 e. The molecule has 1 aliphatic heterocycles. The Hall–Kier alpha value is -2.70. The highest BCUT2D eigenvalue weighted by molar-refractivity contribution is 5.97. The average Bonchev–Trinajstić information content (AvgIpc) is 2.72. The molecule has 1 aliphatic rings. The highest BCUT2D eigenvalue weighted by Crippen LogP contribution is 2.24. The van der Waals surface area contributed by atoms with Crippen LogP contribution in [-0.2, 0) is 20.9 Å². The molecule has 0 saturated carbocycles. The Morgan fingerprint density at radius 1 is 1.10 bits per heavy atom. The number of likely N-dealkylation sites (tertiary alicyclic amines) is 1. The molecule has 2 aromatic carbocycles. The van der Waals surface area contributed by atoms with Crippen LogP contribution < -0.4 is 10.6 Å².